The van der Waals surface area contributed by atoms with Crippen molar-refractivity contribution in [2.75, 3.05) is 0 Å². The third kappa shape index (κ3) is 4.57. The predicted octanol–water partition coefficient (Wildman–Crippen LogP) is 5.58. The number of hydrogen-bond acceptors (Lipinski definition) is 3. The second kappa shape index (κ2) is 8.88. The first kappa shape index (κ1) is 20.7. The van der Waals surface area contributed by atoms with E-state index in [1.807, 2.05) is 39.8 Å². The van der Waals surface area contributed by atoms with Crippen LogP contribution in [-0.2, 0) is 18.7 Å². The fraction of sp³-hybridized carbons (Fsp3) is 0.565. The molecule has 1 atom stereocenters. The maximum absolute atomic E-state index is 11.2. The monoisotopic (exact) mass is 357 g/mol. The molecule has 1 aromatic carbocycles. The first-order valence-electron chi connectivity index (χ1n) is 9.88. The summed E-state index contributed by atoms with van der Waals surface area (Å²) in [6, 6.07) is 15.0. The molecule has 3 nitrogen and oxygen atoms in total. The first-order valence-corrected chi connectivity index (χ1v) is 9.88. The summed E-state index contributed by atoms with van der Waals surface area (Å²) < 4.78 is 6.14. The summed E-state index contributed by atoms with van der Waals surface area (Å²) in [7, 11) is 0. The molecule has 1 unspecified atom stereocenters. The average molecular weight is 358 g/mol. The van der Waals surface area contributed by atoms with Crippen molar-refractivity contribution in [1.82, 2.24) is 4.90 Å². The van der Waals surface area contributed by atoms with Crippen molar-refractivity contribution in [3.63, 3.8) is 0 Å². The van der Waals surface area contributed by atoms with Gasteiger partial charge in [-0.1, -0.05) is 65.0 Å². The molecule has 0 aliphatic rings. The molecule has 0 amide bonds. The van der Waals surface area contributed by atoms with Gasteiger partial charge in [-0.3, -0.25) is 4.90 Å². The molecule has 2 rings (SSSR count). The number of hydrogen-bond donors (Lipinski definition) is 1. The van der Waals surface area contributed by atoms with Gasteiger partial charge in [-0.2, -0.15) is 0 Å². The Bertz CT molecular complexity index is 652. The Morgan fingerprint density at radius 1 is 0.923 bits per heavy atom. The second-order valence-electron chi connectivity index (χ2n) is 8.05. The van der Waals surface area contributed by atoms with Crippen LogP contribution in [0.4, 0.5) is 0 Å². The Morgan fingerprint density at radius 2 is 1.54 bits per heavy atom. The van der Waals surface area contributed by atoms with Gasteiger partial charge in [0.15, 0.2) is 0 Å². The smallest absolute Gasteiger partial charge is 0.136 e. The van der Waals surface area contributed by atoms with Gasteiger partial charge in [-0.05, 0) is 42.9 Å². The zero-order valence-electron chi connectivity index (χ0n) is 17.2. The lowest BCUT2D eigenvalue weighted by molar-refractivity contribution is -0.0712. The highest BCUT2D eigenvalue weighted by Gasteiger charge is 2.39. The molecule has 1 N–H and O–H groups in total. The number of rotatable bonds is 9. The van der Waals surface area contributed by atoms with Gasteiger partial charge in [-0.15, -0.1) is 0 Å². The highest BCUT2D eigenvalue weighted by atomic mass is 16.4. The van der Waals surface area contributed by atoms with Crippen molar-refractivity contribution in [3.8, 4) is 0 Å². The van der Waals surface area contributed by atoms with Crippen molar-refractivity contribution in [2.24, 2.45) is 11.8 Å². The van der Waals surface area contributed by atoms with Gasteiger partial charge >= 0.3 is 0 Å². The highest BCUT2D eigenvalue weighted by molar-refractivity contribution is 5.17. The maximum Gasteiger partial charge on any atom is 0.136 e. The van der Waals surface area contributed by atoms with E-state index in [4.69, 9.17) is 4.42 Å². The van der Waals surface area contributed by atoms with Crippen molar-refractivity contribution in [1.29, 1.82) is 0 Å². The minimum absolute atomic E-state index is 0.0940. The molecule has 0 saturated carbocycles. The molecule has 0 spiro atoms. The van der Waals surface area contributed by atoms with E-state index < -0.39 is 5.60 Å². The molecule has 144 valence electrons. The van der Waals surface area contributed by atoms with Gasteiger partial charge < -0.3 is 9.52 Å². The molecular weight excluding hydrogens is 322 g/mol. The van der Waals surface area contributed by atoms with Crippen LogP contribution in [0.3, 0.4) is 0 Å². The maximum atomic E-state index is 11.2. The normalized spacial score (nSPS) is 13.8. The van der Waals surface area contributed by atoms with Crippen LogP contribution in [0.15, 0.2) is 46.9 Å². The lowest BCUT2D eigenvalue weighted by Gasteiger charge is -2.34. The van der Waals surface area contributed by atoms with Crippen LogP contribution in [-0.4, -0.2) is 16.0 Å². The fourth-order valence-corrected chi connectivity index (χ4v) is 3.56. The zero-order valence-corrected chi connectivity index (χ0v) is 17.2. The molecule has 0 radical (unpaired) electrons. The van der Waals surface area contributed by atoms with Crippen LogP contribution in [0.1, 0.15) is 65.0 Å². The molecule has 0 bridgehead atoms. The summed E-state index contributed by atoms with van der Waals surface area (Å²) in [4.78, 5) is 2.43. The molecule has 0 saturated heterocycles. The minimum Gasteiger partial charge on any atom is -0.462 e. The Kier molecular flexibility index (Phi) is 7.08. The zero-order chi connectivity index (χ0) is 19.3. The van der Waals surface area contributed by atoms with Gasteiger partial charge in [0.05, 0.1) is 6.54 Å². The minimum atomic E-state index is -0.932. The van der Waals surface area contributed by atoms with E-state index in [1.165, 1.54) is 5.56 Å². The summed E-state index contributed by atoms with van der Waals surface area (Å²) in [6.45, 7) is 14.3. The molecule has 0 aliphatic carbocycles. The molecule has 2 aromatic rings. The molecule has 1 aromatic heterocycles. The van der Waals surface area contributed by atoms with E-state index >= 15 is 0 Å². The van der Waals surface area contributed by atoms with E-state index in [2.05, 4.69) is 49.1 Å². The van der Waals surface area contributed by atoms with Crippen LogP contribution in [0.5, 0.6) is 0 Å². The summed E-state index contributed by atoms with van der Waals surface area (Å²) in [5, 5.41) is 11.2. The van der Waals surface area contributed by atoms with E-state index in [-0.39, 0.29) is 11.8 Å². The summed E-state index contributed by atoms with van der Waals surface area (Å²) in [5.41, 5.74) is 0.374. The lowest BCUT2D eigenvalue weighted by atomic mass is 9.78. The van der Waals surface area contributed by atoms with Gasteiger partial charge in [0.25, 0.3) is 0 Å². The van der Waals surface area contributed by atoms with Crippen LogP contribution in [0.2, 0.25) is 0 Å². The van der Waals surface area contributed by atoms with Crippen molar-refractivity contribution >= 4 is 0 Å². The van der Waals surface area contributed by atoms with Gasteiger partial charge in [0.1, 0.15) is 17.1 Å². The Balaban J connectivity index is 2.20. The van der Waals surface area contributed by atoms with Crippen LogP contribution < -0.4 is 0 Å². The number of aliphatic hydroxyl groups is 1. The number of furan rings is 1. The number of benzene rings is 1. The molecule has 3 heteroatoms. The van der Waals surface area contributed by atoms with Gasteiger partial charge in [-0.25, -0.2) is 0 Å². The Hall–Kier alpha value is -1.58. The molecular formula is C23H35NO2. The van der Waals surface area contributed by atoms with E-state index in [1.54, 1.807) is 0 Å². The Morgan fingerprint density at radius 3 is 2.08 bits per heavy atom. The molecule has 1 heterocycles. The largest absolute Gasteiger partial charge is 0.462 e. The van der Waals surface area contributed by atoms with E-state index in [9.17, 15) is 5.11 Å². The standard InChI is InChI=1S/C23H35NO2/c1-7-19(6)24(15-20-11-9-8-10-12-20)16-21-13-14-22(26-21)23(25,17(2)3)18(4)5/h8-14,17-19,25H,7,15-16H2,1-6H3. The van der Waals surface area contributed by atoms with Crippen molar-refractivity contribution in [3.05, 3.63) is 59.5 Å². The van der Waals surface area contributed by atoms with Crippen LogP contribution in [0.25, 0.3) is 0 Å². The average Bonchev–Trinajstić information content (AvgIpc) is 3.09. The van der Waals surface area contributed by atoms with Crippen LogP contribution >= 0.6 is 0 Å². The second-order valence-corrected chi connectivity index (χ2v) is 8.05. The third-order valence-electron chi connectivity index (χ3n) is 5.62. The summed E-state index contributed by atoms with van der Waals surface area (Å²) in [6.07, 6.45) is 1.09. The first-order chi connectivity index (χ1) is 12.3. The Labute approximate surface area is 159 Å². The summed E-state index contributed by atoms with van der Waals surface area (Å²) in [5.74, 6) is 1.78. The predicted molar refractivity (Wildman–Crippen MR) is 108 cm³/mol. The van der Waals surface area contributed by atoms with E-state index in [0.717, 1.165) is 25.3 Å². The van der Waals surface area contributed by atoms with Gasteiger partial charge in [0, 0.05) is 12.6 Å². The SMILES string of the molecule is CCC(C)N(Cc1ccccc1)Cc1ccc(C(O)(C(C)C)C(C)C)o1. The van der Waals surface area contributed by atoms with Crippen molar-refractivity contribution in [2.45, 2.75) is 72.7 Å². The third-order valence-corrected chi connectivity index (χ3v) is 5.62. The van der Waals surface area contributed by atoms with E-state index in [0.29, 0.717) is 11.8 Å². The van der Waals surface area contributed by atoms with Crippen LogP contribution in [0, 0.1) is 11.8 Å². The molecule has 26 heavy (non-hydrogen) atoms. The van der Waals surface area contributed by atoms with Crippen molar-refractivity contribution < 1.29 is 9.52 Å². The highest BCUT2D eigenvalue weighted by Crippen LogP contribution is 2.37. The quantitative estimate of drug-likeness (QED) is 0.636. The topological polar surface area (TPSA) is 36.6 Å². The molecule has 0 fully saturated rings. The summed E-state index contributed by atoms with van der Waals surface area (Å²) >= 11 is 0. The number of nitrogens with zero attached hydrogens (tertiary/aromatic N) is 1. The molecule has 0 aliphatic heterocycles. The lowest BCUT2D eigenvalue weighted by Crippen LogP contribution is -2.37. The fourth-order valence-electron chi connectivity index (χ4n) is 3.56. The van der Waals surface area contributed by atoms with Gasteiger partial charge in [0.2, 0.25) is 0 Å².